The maximum absolute atomic E-state index is 11.7. The number of amides is 1. The number of rotatable bonds is 8. The number of hydrogen-bond acceptors (Lipinski definition) is 4. The Kier molecular flexibility index (Phi) is 6.23. The minimum atomic E-state index is -2.49. The van der Waals surface area contributed by atoms with Gasteiger partial charge < -0.3 is 20.4 Å². The minimum absolute atomic E-state index is 0.0413. The van der Waals surface area contributed by atoms with Crippen LogP contribution in [-0.2, 0) is 11.3 Å². The number of ether oxygens (including phenoxy) is 1. The summed E-state index contributed by atoms with van der Waals surface area (Å²) in [6, 6.07) is 0. The zero-order valence-corrected chi connectivity index (χ0v) is 9.81. The third-order valence-corrected chi connectivity index (χ3v) is 2.03. The first-order valence-corrected chi connectivity index (χ1v) is 5.49. The van der Waals surface area contributed by atoms with Crippen LogP contribution in [0.2, 0.25) is 0 Å². The van der Waals surface area contributed by atoms with Crippen molar-refractivity contribution >= 4 is 5.91 Å². The van der Waals surface area contributed by atoms with Crippen LogP contribution in [0, 0.1) is 0 Å². The molecule has 8 heteroatoms. The van der Waals surface area contributed by atoms with Gasteiger partial charge in [-0.3, -0.25) is 4.79 Å². The van der Waals surface area contributed by atoms with E-state index in [1.807, 2.05) is 0 Å². The van der Waals surface area contributed by atoms with Crippen molar-refractivity contribution in [3.05, 3.63) is 18.2 Å². The van der Waals surface area contributed by atoms with Gasteiger partial charge in [-0.05, 0) is 0 Å². The molecule has 1 rings (SSSR count). The van der Waals surface area contributed by atoms with E-state index >= 15 is 0 Å². The van der Waals surface area contributed by atoms with E-state index in [1.54, 1.807) is 10.8 Å². The maximum Gasteiger partial charge on any atom is 0.271 e. The second kappa shape index (κ2) is 7.72. The Hall–Kier alpha value is -1.54. The summed E-state index contributed by atoms with van der Waals surface area (Å²) in [5.41, 5.74) is 5.62. The Morgan fingerprint density at radius 3 is 3.06 bits per heavy atom. The molecule has 0 aliphatic heterocycles. The number of carbonyl (C=O) groups is 1. The van der Waals surface area contributed by atoms with Gasteiger partial charge >= 0.3 is 0 Å². The molecule has 102 valence electrons. The fraction of sp³-hybridized carbons (Fsp3) is 0.600. The normalized spacial score (nSPS) is 10.9. The molecule has 3 N–H and O–H groups in total. The van der Waals surface area contributed by atoms with E-state index in [4.69, 9.17) is 5.73 Å². The molecule has 0 unspecified atom stereocenters. The highest BCUT2D eigenvalue weighted by atomic mass is 19.3. The van der Waals surface area contributed by atoms with Gasteiger partial charge in [0.05, 0.1) is 12.9 Å². The summed E-state index contributed by atoms with van der Waals surface area (Å²) >= 11 is 0. The Morgan fingerprint density at radius 2 is 2.39 bits per heavy atom. The monoisotopic (exact) mass is 262 g/mol. The largest absolute Gasteiger partial charge is 0.374 e. The lowest BCUT2D eigenvalue weighted by Gasteiger charge is -2.04. The summed E-state index contributed by atoms with van der Waals surface area (Å²) in [6.07, 6.45) is 0.588. The molecule has 1 heterocycles. The molecule has 18 heavy (non-hydrogen) atoms. The van der Waals surface area contributed by atoms with Crippen LogP contribution >= 0.6 is 0 Å². The van der Waals surface area contributed by atoms with E-state index in [1.165, 1.54) is 6.33 Å². The van der Waals surface area contributed by atoms with Crippen LogP contribution in [0.3, 0.4) is 0 Å². The summed E-state index contributed by atoms with van der Waals surface area (Å²) in [5, 5.41) is 2.51. The number of carbonyl (C=O) groups excluding carboxylic acids is 1. The number of halogens is 2. The fourth-order valence-electron chi connectivity index (χ4n) is 1.25. The van der Waals surface area contributed by atoms with Crippen LogP contribution in [0.25, 0.3) is 0 Å². The molecule has 0 atom stereocenters. The highest BCUT2D eigenvalue weighted by Gasteiger charge is 2.08. The summed E-state index contributed by atoms with van der Waals surface area (Å²) in [7, 11) is 0. The average molecular weight is 262 g/mol. The maximum atomic E-state index is 11.7. The standard InChI is InChI=1S/C10H16F2N4O2/c11-9(12)6-18-4-2-14-10(17)8-5-16(3-1-13)7-15-8/h5,7,9H,1-4,6,13H2,(H,14,17). The lowest BCUT2D eigenvalue weighted by atomic mass is 10.4. The van der Waals surface area contributed by atoms with Crippen LogP contribution in [0.1, 0.15) is 10.5 Å². The molecule has 0 aromatic carbocycles. The van der Waals surface area contributed by atoms with Crippen LogP contribution in [-0.4, -0.2) is 48.2 Å². The second-order valence-corrected chi connectivity index (χ2v) is 3.51. The number of imidazole rings is 1. The van der Waals surface area contributed by atoms with Crippen LogP contribution in [0.5, 0.6) is 0 Å². The fourth-order valence-corrected chi connectivity index (χ4v) is 1.25. The highest BCUT2D eigenvalue weighted by molar-refractivity contribution is 5.91. The summed E-state index contributed by atoms with van der Waals surface area (Å²) < 4.78 is 29.8. The molecule has 0 fully saturated rings. The predicted octanol–water partition coefficient (Wildman–Crippen LogP) is -0.147. The number of nitrogens with two attached hydrogens (primary N) is 1. The van der Waals surface area contributed by atoms with Crippen LogP contribution in [0.15, 0.2) is 12.5 Å². The van der Waals surface area contributed by atoms with Crippen molar-refractivity contribution in [2.75, 3.05) is 26.3 Å². The van der Waals surface area contributed by atoms with Crippen molar-refractivity contribution in [3.63, 3.8) is 0 Å². The summed E-state index contributed by atoms with van der Waals surface area (Å²) in [4.78, 5) is 15.4. The molecule has 0 saturated carbocycles. The van der Waals surface area contributed by atoms with E-state index < -0.39 is 13.0 Å². The molecule has 0 radical (unpaired) electrons. The molecule has 1 aromatic heterocycles. The van der Waals surface area contributed by atoms with Crippen molar-refractivity contribution in [2.24, 2.45) is 5.73 Å². The third kappa shape index (κ3) is 5.19. The first-order chi connectivity index (χ1) is 8.63. The third-order valence-electron chi connectivity index (χ3n) is 2.03. The van der Waals surface area contributed by atoms with E-state index in [0.717, 1.165) is 0 Å². The summed E-state index contributed by atoms with van der Waals surface area (Å²) in [6.45, 7) is 0.618. The predicted molar refractivity (Wildman–Crippen MR) is 60.4 cm³/mol. The number of alkyl halides is 2. The number of nitrogens with zero attached hydrogens (tertiary/aromatic N) is 2. The molecule has 1 amide bonds. The molecule has 1 aromatic rings. The van der Waals surface area contributed by atoms with E-state index in [-0.39, 0.29) is 24.8 Å². The first kappa shape index (κ1) is 14.5. The van der Waals surface area contributed by atoms with Crippen molar-refractivity contribution in [2.45, 2.75) is 13.0 Å². The van der Waals surface area contributed by atoms with Gasteiger partial charge in [0, 0.05) is 25.8 Å². The minimum Gasteiger partial charge on any atom is -0.374 e. The smallest absolute Gasteiger partial charge is 0.271 e. The SMILES string of the molecule is NCCn1cnc(C(=O)NCCOCC(F)F)c1. The van der Waals surface area contributed by atoms with Gasteiger partial charge in [-0.25, -0.2) is 13.8 Å². The lowest BCUT2D eigenvalue weighted by molar-refractivity contribution is 0.0188. The molecule has 0 bridgehead atoms. The van der Waals surface area contributed by atoms with Gasteiger partial charge in [-0.2, -0.15) is 0 Å². The Labute approximate surface area is 103 Å². The van der Waals surface area contributed by atoms with Crippen molar-refractivity contribution in [1.29, 1.82) is 0 Å². The first-order valence-electron chi connectivity index (χ1n) is 5.49. The van der Waals surface area contributed by atoms with Crippen LogP contribution < -0.4 is 11.1 Å². The van der Waals surface area contributed by atoms with Crippen molar-refractivity contribution in [3.8, 4) is 0 Å². The Bertz CT molecular complexity index is 371. The molecular weight excluding hydrogens is 246 g/mol. The zero-order chi connectivity index (χ0) is 13.4. The van der Waals surface area contributed by atoms with Crippen molar-refractivity contribution < 1.29 is 18.3 Å². The van der Waals surface area contributed by atoms with Gasteiger partial charge in [0.2, 0.25) is 0 Å². The molecule has 0 aliphatic rings. The van der Waals surface area contributed by atoms with Gasteiger partial charge in [-0.15, -0.1) is 0 Å². The lowest BCUT2D eigenvalue weighted by Crippen LogP contribution is -2.28. The van der Waals surface area contributed by atoms with E-state index in [2.05, 4.69) is 15.0 Å². The molecule has 0 spiro atoms. The van der Waals surface area contributed by atoms with Gasteiger partial charge in [0.25, 0.3) is 12.3 Å². The molecular formula is C10H16F2N4O2. The number of nitrogens with one attached hydrogen (secondary N) is 1. The quantitative estimate of drug-likeness (QED) is 0.638. The van der Waals surface area contributed by atoms with Gasteiger partial charge in [0.1, 0.15) is 12.3 Å². The van der Waals surface area contributed by atoms with E-state index in [0.29, 0.717) is 13.1 Å². The number of aromatic nitrogens is 2. The van der Waals surface area contributed by atoms with Crippen LogP contribution in [0.4, 0.5) is 8.78 Å². The second-order valence-electron chi connectivity index (χ2n) is 3.51. The van der Waals surface area contributed by atoms with Crippen molar-refractivity contribution in [1.82, 2.24) is 14.9 Å². The highest BCUT2D eigenvalue weighted by Crippen LogP contribution is 1.96. The molecule has 0 aliphatic carbocycles. The molecule has 6 nitrogen and oxygen atoms in total. The Morgan fingerprint density at radius 1 is 1.61 bits per heavy atom. The number of hydrogen-bond donors (Lipinski definition) is 2. The Balaban J connectivity index is 2.23. The van der Waals surface area contributed by atoms with E-state index in [9.17, 15) is 13.6 Å². The van der Waals surface area contributed by atoms with Gasteiger partial charge in [-0.1, -0.05) is 0 Å². The zero-order valence-electron chi connectivity index (χ0n) is 9.81. The topological polar surface area (TPSA) is 82.2 Å². The average Bonchev–Trinajstić information content (AvgIpc) is 2.77. The summed E-state index contributed by atoms with van der Waals surface area (Å²) in [5.74, 6) is -0.369. The molecule has 0 saturated heterocycles. The van der Waals surface area contributed by atoms with Gasteiger partial charge in [0.15, 0.2) is 0 Å².